The lowest BCUT2D eigenvalue weighted by molar-refractivity contribution is 0.278. The molecule has 9 heteroatoms. The van der Waals surface area contributed by atoms with Gasteiger partial charge in [0.2, 0.25) is 0 Å². The standard InChI is InChI=1S/C18H19ClFN5O2/c19-13-7-11(1-2-14(13)20)25-18-12-8-16(26-5-3-21)17(27-6-4-22)9-15(12)23-10-24-18/h1-2,7-10H,3-6,21-22H2,(H,23,24,25). The van der Waals surface area contributed by atoms with Crippen LogP contribution < -0.4 is 26.3 Å². The van der Waals surface area contributed by atoms with Gasteiger partial charge in [0.05, 0.1) is 10.5 Å². The van der Waals surface area contributed by atoms with Gasteiger partial charge in [-0.15, -0.1) is 0 Å². The Hall–Kier alpha value is -2.68. The van der Waals surface area contributed by atoms with Gasteiger partial charge < -0.3 is 26.3 Å². The molecule has 0 aliphatic heterocycles. The summed E-state index contributed by atoms with van der Waals surface area (Å²) in [5, 5.41) is 3.83. The third-order valence-corrected chi connectivity index (χ3v) is 3.92. The van der Waals surface area contributed by atoms with Crippen molar-refractivity contribution in [2.24, 2.45) is 11.5 Å². The lowest BCUT2D eigenvalue weighted by atomic mass is 10.2. The van der Waals surface area contributed by atoms with E-state index in [1.54, 1.807) is 18.2 Å². The molecular weight excluding hydrogens is 373 g/mol. The van der Waals surface area contributed by atoms with Crippen molar-refractivity contribution in [2.45, 2.75) is 0 Å². The van der Waals surface area contributed by atoms with Crippen LogP contribution in [0.25, 0.3) is 10.9 Å². The second kappa shape index (κ2) is 8.81. The van der Waals surface area contributed by atoms with E-state index in [1.165, 1.54) is 18.5 Å². The molecule has 0 saturated heterocycles. The number of nitrogens with one attached hydrogen (secondary N) is 1. The summed E-state index contributed by atoms with van der Waals surface area (Å²) in [6.45, 7) is 1.40. The summed E-state index contributed by atoms with van der Waals surface area (Å²) >= 11 is 5.84. The van der Waals surface area contributed by atoms with E-state index in [2.05, 4.69) is 15.3 Å². The summed E-state index contributed by atoms with van der Waals surface area (Å²) in [6.07, 6.45) is 1.42. The zero-order chi connectivity index (χ0) is 19.2. The van der Waals surface area contributed by atoms with Crippen LogP contribution in [0.15, 0.2) is 36.7 Å². The average molecular weight is 392 g/mol. The molecule has 0 unspecified atom stereocenters. The quantitative estimate of drug-likeness (QED) is 0.541. The predicted octanol–water partition coefficient (Wildman–Crippen LogP) is 2.84. The van der Waals surface area contributed by atoms with Gasteiger partial charge in [0.25, 0.3) is 0 Å². The summed E-state index contributed by atoms with van der Waals surface area (Å²) in [7, 11) is 0. The molecule has 142 valence electrons. The van der Waals surface area contributed by atoms with Gasteiger partial charge in [-0.2, -0.15) is 0 Å². The fourth-order valence-corrected chi connectivity index (χ4v) is 2.62. The highest BCUT2D eigenvalue weighted by Gasteiger charge is 2.13. The molecule has 0 aliphatic rings. The third kappa shape index (κ3) is 4.54. The van der Waals surface area contributed by atoms with Gasteiger partial charge in [0.1, 0.15) is 31.2 Å². The van der Waals surface area contributed by atoms with Crippen molar-refractivity contribution in [3.8, 4) is 11.5 Å². The van der Waals surface area contributed by atoms with E-state index in [-0.39, 0.29) is 5.02 Å². The number of aromatic nitrogens is 2. The number of hydrogen-bond acceptors (Lipinski definition) is 7. The number of halogens is 2. The molecule has 5 N–H and O–H groups in total. The first-order valence-electron chi connectivity index (χ1n) is 8.29. The van der Waals surface area contributed by atoms with Crippen LogP contribution in [-0.4, -0.2) is 36.3 Å². The van der Waals surface area contributed by atoms with Crippen LogP contribution in [0.3, 0.4) is 0 Å². The molecule has 0 fully saturated rings. The Kier molecular flexibility index (Phi) is 6.23. The van der Waals surface area contributed by atoms with Crippen LogP contribution in [0.5, 0.6) is 11.5 Å². The van der Waals surface area contributed by atoms with Crippen molar-refractivity contribution in [2.75, 3.05) is 31.6 Å². The number of anilines is 2. The maximum absolute atomic E-state index is 13.4. The molecular formula is C18H19ClFN5O2. The number of rotatable bonds is 8. The first-order chi connectivity index (χ1) is 13.1. The smallest absolute Gasteiger partial charge is 0.163 e. The van der Waals surface area contributed by atoms with E-state index in [0.29, 0.717) is 60.2 Å². The number of hydrogen-bond donors (Lipinski definition) is 3. The normalized spacial score (nSPS) is 10.8. The fourth-order valence-electron chi connectivity index (χ4n) is 2.44. The van der Waals surface area contributed by atoms with Gasteiger partial charge >= 0.3 is 0 Å². The van der Waals surface area contributed by atoms with Gasteiger partial charge in [0.15, 0.2) is 11.5 Å². The van der Waals surface area contributed by atoms with Crippen molar-refractivity contribution in [3.63, 3.8) is 0 Å². The van der Waals surface area contributed by atoms with E-state index in [4.69, 9.17) is 32.5 Å². The molecule has 27 heavy (non-hydrogen) atoms. The van der Waals surface area contributed by atoms with Gasteiger partial charge in [-0.1, -0.05) is 11.6 Å². The lowest BCUT2D eigenvalue weighted by Gasteiger charge is -2.15. The minimum absolute atomic E-state index is 0.0165. The van der Waals surface area contributed by atoms with Crippen LogP contribution in [-0.2, 0) is 0 Å². The van der Waals surface area contributed by atoms with Crippen molar-refractivity contribution in [1.29, 1.82) is 0 Å². The minimum Gasteiger partial charge on any atom is -0.488 e. The number of ether oxygens (including phenoxy) is 2. The number of fused-ring (bicyclic) bond motifs is 1. The summed E-state index contributed by atoms with van der Waals surface area (Å²) in [6, 6.07) is 7.85. The Balaban J connectivity index is 2.01. The third-order valence-electron chi connectivity index (χ3n) is 3.63. The highest BCUT2D eigenvalue weighted by atomic mass is 35.5. The summed E-state index contributed by atoms with van der Waals surface area (Å²) in [5.74, 6) is 1.06. The number of benzene rings is 2. The second-order valence-corrected chi connectivity index (χ2v) is 5.97. The molecule has 1 aromatic heterocycles. The van der Waals surface area contributed by atoms with Gasteiger partial charge in [-0.3, -0.25) is 0 Å². The van der Waals surface area contributed by atoms with Crippen molar-refractivity contribution < 1.29 is 13.9 Å². The molecule has 3 rings (SSSR count). The molecule has 0 saturated carbocycles. The fraction of sp³-hybridized carbons (Fsp3) is 0.222. The number of nitrogens with zero attached hydrogens (tertiary/aromatic N) is 2. The lowest BCUT2D eigenvalue weighted by Crippen LogP contribution is -2.14. The van der Waals surface area contributed by atoms with Gasteiger partial charge in [0, 0.05) is 30.2 Å². The molecule has 0 spiro atoms. The zero-order valence-corrected chi connectivity index (χ0v) is 15.2. The highest BCUT2D eigenvalue weighted by molar-refractivity contribution is 6.31. The second-order valence-electron chi connectivity index (χ2n) is 5.57. The molecule has 1 heterocycles. The monoisotopic (exact) mass is 391 g/mol. The highest BCUT2D eigenvalue weighted by Crippen LogP contribution is 2.35. The summed E-state index contributed by atoms with van der Waals surface area (Å²) in [4.78, 5) is 8.54. The zero-order valence-electron chi connectivity index (χ0n) is 14.4. The number of nitrogens with two attached hydrogens (primary N) is 2. The molecule has 0 bridgehead atoms. The maximum Gasteiger partial charge on any atom is 0.163 e. The van der Waals surface area contributed by atoms with Crippen LogP contribution in [0.2, 0.25) is 5.02 Å². The van der Waals surface area contributed by atoms with Crippen molar-refractivity contribution >= 4 is 34.0 Å². The van der Waals surface area contributed by atoms with Crippen molar-refractivity contribution in [1.82, 2.24) is 9.97 Å². The average Bonchev–Trinajstić information content (AvgIpc) is 2.67. The van der Waals surface area contributed by atoms with Crippen LogP contribution in [0.1, 0.15) is 0 Å². The Morgan fingerprint density at radius 3 is 2.37 bits per heavy atom. The SMILES string of the molecule is NCCOc1cc2ncnc(Nc3ccc(F)c(Cl)c3)c2cc1OCCN. The Bertz CT molecular complexity index is 941. The minimum atomic E-state index is -0.492. The van der Waals surface area contributed by atoms with E-state index in [1.807, 2.05) is 0 Å². The maximum atomic E-state index is 13.4. The predicted molar refractivity (Wildman–Crippen MR) is 103 cm³/mol. The van der Waals surface area contributed by atoms with Crippen LogP contribution in [0.4, 0.5) is 15.9 Å². The Labute approximate surface area is 160 Å². The van der Waals surface area contributed by atoms with E-state index < -0.39 is 5.82 Å². The van der Waals surface area contributed by atoms with Gasteiger partial charge in [-0.05, 0) is 24.3 Å². The molecule has 0 aliphatic carbocycles. The summed E-state index contributed by atoms with van der Waals surface area (Å²) < 4.78 is 24.7. The first-order valence-corrected chi connectivity index (χ1v) is 8.66. The molecule has 0 atom stereocenters. The van der Waals surface area contributed by atoms with E-state index in [0.717, 1.165) is 0 Å². The van der Waals surface area contributed by atoms with E-state index >= 15 is 0 Å². The van der Waals surface area contributed by atoms with E-state index in [9.17, 15) is 4.39 Å². The van der Waals surface area contributed by atoms with Gasteiger partial charge in [-0.25, -0.2) is 14.4 Å². The topological polar surface area (TPSA) is 108 Å². The summed E-state index contributed by atoms with van der Waals surface area (Å²) in [5.41, 5.74) is 12.3. The molecule has 2 aromatic carbocycles. The van der Waals surface area contributed by atoms with Crippen LogP contribution in [0, 0.1) is 5.82 Å². The molecule has 3 aromatic rings. The first kappa shape index (κ1) is 19.1. The molecule has 7 nitrogen and oxygen atoms in total. The molecule has 0 amide bonds. The molecule has 0 radical (unpaired) electrons. The Morgan fingerprint density at radius 1 is 1.00 bits per heavy atom. The Morgan fingerprint density at radius 2 is 1.70 bits per heavy atom. The van der Waals surface area contributed by atoms with Crippen LogP contribution >= 0.6 is 11.6 Å². The van der Waals surface area contributed by atoms with Crippen molar-refractivity contribution in [3.05, 3.63) is 47.5 Å². The largest absolute Gasteiger partial charge is 0.488 e.